The van der Waals surface area contributed by atoms with Crippen LogP contribution in [0.2, 0.25) is 0 Å². The average molecular weight is 291 g/mol. The zero-order chi connectivity index (χ0) is 15.4. The summed E-state index contributed by atoms with van der Waals surface area (Å²) in [6, 6.07) is 4.60. The minimum atomic E-state index is -0.573. The molecule has 0 bridgehead atoms. The van der Waals surface area contributed by atoms with Crippen LogP contribution in [0.3, 0.4) is 0 Å². The van der Waals surface area contributed by atoms with Gasteiger partial charge in [-0.05, 0) is 31.5 Å². The molecule has 0 aliphatic carbocycles. The largest absolute Gasteiger partial charge is 0.398 e. The number of hydrogen-bond acceptors (Lipinski definition) is 4. The number of nitrogens with two attached hydrogens (primary N) is 1. The Kier molecular flexibility index (Phi) is 4.80. The zero-order valence-electron chi connectivity index (χ0n) is 12.4. The SMILES string of the molecule is Cc1c(N)cccc1C(=O)NC(C)C(=O)N1CCOCC1. The molecule has 1 heterocycles. The van der Waals surface area contributed by atoms with E-state index in [9.17, 15) is 9.59 Å². The van der Waals surface area contributed by atoms with Gasteiger partial charge in [0.2, 0.25) is 5.91 Å². The first-order valence-electron chi connectivity index (χ1n) is 7.03. The number of benzene rings is 1. The molecule has 0 saturated carbocycles. The first-order chi connectivity index (χ1) is 10.0. The molecule has 1 unspecified atom stereocenters. The van der Waals surface area contributed by atoms with Gasteiger partial charge in [-0.25, -0.2) is 0 Å². The van der Waals surface area contributed by atoms with Gasteiger partial charge in [-0.3, -0.25) is 9.59 Å². The van der Waals surface area contributed by atoms with Crippen LogP contribution in [0, 0.1) is 6.92 Å². The van der Waals surface area contributed by atoms with Crippen LogP contribution in [0.4, 0.5) is 5.69 Å². The molecular formula is C15H21N3O3. The molecule has 21 heavy (non-hydrogen) atoms. The van der Waals surface area contributed by atoms with E-state index < -0.39 is 6.04 Å². The van der Waals surface area contributed by atoms with Gasteiger partial charge < -0.3 is 20.7 Å². The number of nitrogens with one attached hydrogen (secondary N) is 1. The van der Waals surface area contributed by atoms with E-state index in [0.717, 1.165) is 5.56 Å². The van der Waals surface area contributed by atoms with Crippen molar-refractivity contribution in [3.05, 3.63) is 29.3 Å². The van der Waals surface area contributed by atoms with Crippen molar-refractivity contribution in [1.82, 2.24) is 10.2 Å². The van der Waals surface area contributed by atoms with E-state index >= 15 is 0 Å². The molecule has 0 spiro atoms. The third-order valence-electron chi connectivity index (χ3n) is 3.66. The van der Waals surface area contributed by atoms with E-state index in [1.165, 1.54) is 0 Å². The van der Waals surface area contributed by atoms with Crippen LogP contribution in [-0.4, -0.2) is 49.1 Å². The molecular weight excluding hydrogens is 270 g/mol. The van der Waals surface area contributed by atoms with Gasteiger partial charge in [0.1, 0.15) is 6.04 Å². The van der Waals surface area contributed by atoms with Gasteiger partial charge in [-0.2, -0.15) is 0 Å². The fraction of sp³-hybridized carbons (Fsp3) is 0.467. The molecule has 1 atom stereocenters. The minimum Gasteiger partial charge on any atom is -0.398 e. The molecule has 1 saturated heterocycles. The van der Waals surface area contributed by atoms with Gasteiger partial charge in [0.15, 0.2) is 0 Å². The minimum absolute atomic E-state index is 0.0896. The highest BCUT2D eigenvalue weighted by atomic mass is 16.5. The number of rotatable bonds is 3. The van der Waals surface area contributed by atoms with Gasteiger partial charge >= 0.3 is 0 Å². The summed E-state index contributed by atoms with van der Waals surface area (Å²) in [7, 11) is 0. The molecule has 1 aliphatic rings. The number of carbonyl (C=O) groups excluding carboxylic acids is 2. The third kappa shape index (κ3) is 3.52. The average Bonchev–Trinajstić information content (AvgIpc) is 2.50. The van der Waals surface area contributed by atoms with E-state index in [1.54, 1.807) is 36.9 Å². The maximum absolute atomic E-state index is 12.3. The van der Waals surface area contributed by atoms with Gasteiger partial charge in [-0.1, -0.05) is 6.07 Å². The molecule has 2 amide bonds. The van der Waals surface area contributed by atoms with Crippen LogP contribution < -0.4 is 11.1 Å². The number of hydrogen-bond donors (Lipinski definition) is 2. The second-order valence-corrected chi connectivity index (χ2v) is 5.15. The van der Waals surface area contributed by atoms with E-state index in [1.807, 2.05) is 0 Å². The van der Waals surface area contributed by atoms with Crippen LogP contribution in [0.25, 0.3) is 0 Å². The van der Waals surface area contributed by atoms with Crippen LogP contribution in [0.1, 0.15) is 22.8 Å². The summed E-state index contributed by atoms with van der Waals surface area (Å²) in [5, 5.41) is 2.73. The number of amides is 2. The summed E-state index contributed by atoms with van der Waals surface area (Å²) < 4.78 is 5.21. The van der Waals surface area contributed by atoms with Crippen LogP contribution >= 0.6 is 0 Å². The molecule has 114 valence electrons. The Hall–Kier alpha value is -2.08. The van der Waals surface area contributed by atoms with Gasteiger partial charge in [0.05, 0.1) is 13.2 Å². The Bertz CT molecular complexity index is 539. The Balaban J connectivity index is 2.01. The van der Waals surface area contributed by atoms with Crippen molar-refractivity contribution in [2.75, 3.05) is 32.0 Å². The first-order valence-corrected chi connectivity index (χ1v) is 7.03. The Morgan fingerprint density at radius 3 is 2.67 bits per heavy atom. The fourth-order valence-corrected chi connectivity index (χ4v) is 2.29. The fourth-order valence-electron chi connectivity index (χ4n) is 2.29. The van der Waals surface area contributed by atoms with Gasteiger partial charge in [0.25, 0.3) is 5.91 Å². The number of carbonyl (C=O) groups is 2. The molecule has 1 aromatic rings. The highest BCUT2D eigenvalue weighted by Gasteiger charge is 2.24. The summed E-state index contributed by atoms with van der Waals surface area (Å²) in [6.07, 6.45) is 0. The number of ether oxygens (including phenoxy) is 1. The van der Waals surface area contributed by atoms with E-state index in [0.29, 0.717) is 37.6 Å². The highest BCUT2D eigenvalue weighted by Crippen LogP contribution is 2.15. The van der Waals surface area contributed by atoms with Crippen molar-refractivity contribution in [2.45, 2.75) is 19.9 Å². The molecule has 2 rings (SSSR count). The predicted molar refractivity (Wildman–Crippen MR) is 79.9 cm³/mol. The topological polar surface area (TPSA) is 84.7 Å². The molecule has 1 aromatic carbocycles. The normalized spacial score (nSPS) is 16.4. The third-order valence-corrected chi connectivity index (χ3v) is 3.66. The van der Waals surface area contributed by atoms with Crippen molar-refractivity contribution in [3.63, 3.8) is 0 Å². The van der Waals surface area contributed by atoms with Crippen LogP contribution in [0.15, 0.2) is 18.2 Å². The summed E-state index contributed by atoms with van der Waals surface area (Å²) in [4.78, 5) is 26.2. The van der Waals surface area contributed by atoms with E-state index in [4.69, 9.17) is 10.5 Å². The molecule has 0 aromatic heterocycles. The lowest BCUT2D eigenvalue weighted by Crippen LogP contribution is -2.50. The maximum atomic E-state index is 12.3. The molecule has 1 fully saturated rings. The number of nitrogens with zero attached hydrogens (tertiary/aromatic N) is 1. The quantitative estimate of drug-likeness (QED) is 0.797. The Morgan fingerprint density at radius 1 is 1.33 bits per heavy atom. The van der Waals surface area contributed by atoms with Crippen molar-refractivity contribution in [3.8, 4) is 0 Å². The standard InChI is InChI=1S/C15H21N3O3/c1-10-12(4-3-5-13(10)16)14(19)17-11(2)15(20)18-6-8-21-9-7-18/h3-5,11H,6-9,16H2,1-2H3,(H,17,19). The molecule has 1 aliphatic heterocycles. The molecule has 3 N–H and O–H groups in total. The lowest BCUT2D eigenvalue weighted by Gasteiger charge is -2.29. The summed E-state index contributed by atoms with van der Waals surface area (Å²) in [5.41, 5.74) is 7.58. The molecule has 6 heteroatoms. The summed E-state index contributed by atoms with van der Waals surface area (Å²) in [6.45, 7) is 5.70. The Morgan fingerprint density at radius 2 is 2.00 bits per heavy atom. The first kappa shape index (κ1) is 15.3. The van der Waals surface area contributed by atoms with Gasteiger partial charge in [-0.15, -0.1) is 0 Å². The lowest BCUT2D eigenvalue weighted by atomic mass is 10.1. The van der Waals surface area contributed by atoms with Crippen LogP contribution in [-0.2, 0) is 9.53 Å². The number of anilines is 1. The van der Waals surface area contributed by atoms with Crippen molar-refractivity contribution in [2.24, 2.45) is 0 Å². The van der Waals surface area contributed by atoms with Crippen molar-refractivity contribution < 1.29 is 14.3 Å². The maximum Gasteiger partial charge on any atom is 0.252 e. The zero-order valence-corrected chi connectivity index (χ0v) is 12.4. The van der Waals surface area contributed by atoms with E-state index in [-0.39, 0.29) is 11.8 Å². The lowest BCUT2D eigenvalue weighted by molar-refractivity contribution is -0.136. The second kappa shape index (κ2) is 6.58. The molecule has 6 nitrogen and oxygen atoms in total. The number of nitrogen functional groups attached to an aromatic ring is 1. The van der Waals surface area contributed by atoms with Crippen LogP contribution in [0.5, 0.6) is 0 Å². The predicted octanol–water partition coefficient (Wildman–Crippen LogP) is 0.554. The monoisotopic (exact) mass is 291 g/mol. The Labute approximate surface area is 124 Å². The number of morpholine rings is 1. The molecule has 0 radical (unpaired) electrons. The highest BCUT2D eigenvalue weighted by molar-refractivity contribution is 5.99. The smallest absolute Gasteiger partial charge is 0.252 e. The van der Waals surface area contributed by atoms with Crippen molar-refractivity contribution in [1.29, 1.82) is 0 Å². The second-order valence-electron chi connectivity index (χ2n) is 5.15. The van der Waals surface area contributed by atoms with Crippen molar-refractivity contribution >= 4 is 17.5 Å². The van der Waals surface area contributed by atoms with E-state index in [2.05, 4.69) is 5.32 Å². The summed E-state index contributed by atoms with van der Waals surface area (Å²) >= 11 is 0. The summed E-state index contributed by atoms with van der Waals surface area (Å²) in [5.74, 6) is -0.373. The van der Waals surface area contributed by atoms with Gasteiger partial charge in [0, 0.05) is 24.3 Å².